The predicted octanol–water partition coefficient (Wildman–Crippen LogP) is 8.05. The topological polar surface area (TPSA) is 105 Å². The largest absolute Gasteiger partial charge is 0.756 e. The van der Waals surface area contributed by atoms with Crippen LogP contribution >= 0.6 is 7.82 Å². The van der Waals surface area contributed by atoms with E-state index in [1.54, 1.807) is 12.1 Å². The first kappa shape index (κ1) is 32.6. The Morgan fingerprint density at radius 1 is 1.12 bits per heavy atom. The normalized spacial score (nSPS) is 21.4. The molecule has 1 aromatic rings. The molecular weight excluding hydrogens is 527 g/mol. The highest BCUT2D eigenvalue weighted by atomic mass is 31.2. The molecule has 0 aliphatic heterocycles. The molecule has 1 N–H and O–H groups in total. The summed E-state index contributed by atoms with van der Waals surface area (Å²) < 4.78 is 28.9. The van der Waals surface area contributed by atoms with E-state index in [2.05, 4.69) is 26.5 Å². The lowest BCUT2D eigenvalue weighted by molar-refractivity contribution is -0.232. The standard InChI is InChI=1S/C32H49O7P/c1-6-8-9-10-11-12-13-19-37-40(35,36)39-32(17-18-32)31(34)38-29-22-25(14-7-2)21-28(33)30(29)27-20-24(5)15-16-26(27)23(3)4/h20-22,26-27,33H,3,6-19H2,1-2,4-5H3,(H,35,36)/p-1/t26-,27+/m0/s1. The van der Waals surface area contributed by atoms with Crippen LogP contribution in [0.4, 0.5) is 0 Å². The summed E-state index contributed by atoms with van der Waals surface area (Å²) in [6.45, 7) is 12.4. The van der Waals surface area contributed by atoms with E-state index < -0.39 is 19.4 Å². The number of hydrogen-bond donors (Lipinski definition) is 1. The number of aryl methyl sites for hydroxylation is 1. The van der Waals surface area contributed by atoms with Crippen molar-refractivity contribution in [2.45, 2.75) is 123 Å². The summed E-state index contributed by atoms with van der Waals surface area (Å²) in [4.78, 5) is 26.0. The lowest BCUT2D eigenvalue weighted by Gasteiger charge is -2.32. The Bertz CT molecular complexity index is 1100. The van der Waals surface area contributed by atoms with Crippen molar-refractivity contribution in [3.8, 4) is 11.5 Å². The van der Waals surface area contributed by atoms with Crippen LogP contribution in [0, 0.1) is 5.92 Å². The van der Waals surface area contributed by atoms with Gasteiger partial charge in [0, 0.05) is 11.5 Å². The highest BCUT2D eigenvalue weighted by molar-refractivity contribution is 7.46. The molecule has 40 heavy (non-hydrogen) atoms. The van der Waals surface area contributed by atoms with Gasteiger partial charge in [0.2, 0.25) is 0 Å². The van der Waals surface area contributed by atoms with Crippen molar-refractivity contribution >= 4 is 13.8 Å². The third kappa shape index (κ3) is 9.04. The number of allylic oxidation sites excluding steroid dienone is 3. The Kier molecular flexibility index (Phi) is 12.1. The zero-order chi connectivity index (χ0) is 29.3. The van der Waals surface area contributed by atoms with Gasteiger partial charge in [-0.1, -0.05) is 82.6 Å². The number of phosphoric ester groups is 1. The number of ether oxygens (including phenoxy) is 1. The fraction of sp³-hybridized carbons (Fsp3) is 0.656. The fourth-order valence-corrected chi connectivity index (χ4v) is 6.63. The number of esters is 1. The van der Waals surface area contributed by atoms with Crippen molar-refractivity contribution in [2.75, 3.05) is 6.61 Å². The minimum atomic E-state index is -4.70. The van der Waals surface area contributed by atoms with Gasteiger partial charge in [0.05, 0.1) is 6.61 Å². The van der Waals surface area contributed by atoms with E-state index >= 15 is 0 Å². The SMILES string of the molecule is C=C(C)[C@@H]1CCC(C)=C[C@H]1c1c(O)cc(CCC)cc1OC(=O)C1(OP(=O)([O-])OCCCCCCCCC)CC1. The van der Waals surface area contributed by atoms with Gasteiger partial charge in [-0.3, -0.25) is 9.09 Å². The average Bonchev–Trinajstić information content (AvgIpc) is 3.65. The monoisotopic (exact) mass is 575 g/mol. The van der Waals surface area contributed by atoms with Gasteiger partial charge >= 0.3 is 5.97 Å². The maximum Gasteiger partial charge on any atom is 0.344 e. The molecule has 0 radical (unpaired) electrons. The van der Waals surface area contributed by atoms with Crippen molar-refractivity contribution in [1.29, 1.82) is 0 Å². The molecule has 7 nitrogen and oxygen atoms in total. The number of phenolic OH excluding ortho intramolecular Hbond substituents is 1. The number of hydrogen-bond acceptors (Lipinski definition) is 7. The van der Waals surface area contributed by atoms with Gasteiger partial charge in [-0.25, -0.2) is 4.79 Å². The molecule has 2 aliphatic carbocycles. The number of carbonyl (C=O) groups excluding carboxylic acids is 1. The Morgan fingerprint density at radius 2 is 1.80 bits per heavy atom. The molecular formula is C32H48O7P-. The maximum atomic E-state index is 13.4. The Hall–Kier alpha value is -1.92. The second kappa shape index (κ2) is 14.8. The molecule has 1 unspecified atom stereocenters. The third-order valence-corrected chi connectivity index (χ3v) is 9.07. The summed E-state index contributed by atoms with van der Waals surface area (Å²) in [7, 11) is -4.70. The van der Waals surface area contributed by atoms with E-state index in [1.165, 1.54) is 24.8 Å². The molecule has 3 rings (SSSR count). The summed E-state index contributed by atoms with van der Waals surface area (Å²) in [5.74, 6) is -0.598. The Morgan fingerprint density at radius 3 is 2.42 bits per heavy atom. The van der Waals surface area contributed by atoms with Gasteiger partial charge in [0.1, 0.15) is 11.5 Å². The summed E-state index contributed by atoms with van der Waals surface area (Å²) in [5.41, 5.74) is 1.97. The first-order valence-corrected chi connectivity index (χ1v) is 16.5. The molecule has 1 saturated carbocycles. The highest BCUT2D eigenvalue weighted by Gasteiger charge is 2.56. The van der Waals surface area contributed by atoms with Gasteiger partial charge in [0.15, 0.2) is 5.60 Å². The van der Waals surface area contributed by atoms with Crippen molar-refractivity contribution in [3.05, 3.63) is 47.1 Å². The number of aromatic hydroxyl groups is 1. The Labute approximate surface area is 240 Å². The third-order valence-electron chi connectivity index (χ3n) is 7.99. The number of benzene rings is 1. The molecule has 0 bridgehead atoms. The minimum absolute atomic E-state index is 0.0342. The molecule has 0 spiro atoms. The summed E-state index contributed by atoms with van der Waals surface area (Å²) in [6, 6.07) is 3.52. The summed E-state index contributed by atoms with van der Waals surface area (Å²) in [5, 5.41) is 11.2. The van der Waals surface area contributed by atoms with Crippen LogP contribution in [0.15, 0.2) is 35.9 Å². The van der Waals surface area contributed by atoms with E-state index in [0.717, 1.165) is 49.7 Å². The molecule has 0 heterocycles. The number of phenols is 1. The van der Waals surface area contributed by atoms with E-state index in [0.29, 0.717) is 18.4 Å². The van der Waals surface area contributed by atoms with Crippen LogP contribution in [0.25, 0.3) is 0 Å². The van der Waals surface area contributed by atoms with Crippen LogP contribution in [0.2, 0.25) is 0 Å². The van der Waals surface area contributed by atoms with Crippen LogP contribution in [0.3, 0.4) is 0 Å². The number of unbranched alkanes of at least 4 members (excludes halogenated alkanes) is 6. The van der Waals surface area contributed by atoms with Crippen molar-refractivity contribution < 1.29 is 33.1 Å². The second-order valence-electron chi connectivity index (χ2n) is 11.7. The van der Waals surface area contributed by atoms with Crippen LogP contribution in [-0.2, 0) is 24.8 Å². The highest BCUT2D eigenvalue weighted by Crippen LogP contribution is 2.54. The molecule has 224 valence electrons. The lowest BCUT2D eigenvalue weighted by Crippen LogP contribution is -2.32. The number of phosphoric acid groups is 1. The minimum Gasteiger partial charge on any atom is -0.756 e. The van der Waals surface area contributed by atoms with Gasteiger partial charge < -0.3 is 19.3 Å². The second-order valence-corrected chi connectivity index (χ2v) is 13.0. The molecule has 1 fully saturated rings. The predicted molar refractivity (Wildman–Crippen MR) is 156 cm³/mol. The molecule has 0 aromatic heterocycles. The summed E-state index contributed by atoms with van der Waals surface area (Å²) in [6.07, 6.45) is 13.2. The lowest BCUT2D eigenvalue weighted by atomic mass is 9.73. The van der Waals surface area contributed by atoms with E-state index in [1.807, 2.05) is 13.8 Å². The zero-order valence-electron chi connectivity index (χ0n) is 24.8. The zero-order valence-corrected chi connectivity index (χ0v) is 25.7. The maximum absolute atomic E-state index is 13.4. The first-order chi connectivity index (χ1) is 19.0. The molecule has 8 heteroatoms. The van der Waals surface area contributed by atoms with Crippen LogP contribution in [0.1, 0.15) is 122 Å². The van der Waals surface area contributed by atoms with E-state index in [-0.39, 0.29) is 42.8 Å². The summed E-state index contributed by atoms with van der Waals surface area (Å²) >= 11 is 0. The van der Waals surface area contributed by atoms with Crippen molar-refractivity contribution in [3.63, 3.8) is 0 Å². The Balaban J connectivity index is 1.73. The van der Waals surface area contributed by atoms with Crippen LogP contribution in [0.5, 0.6) is 11.5 Å². The van der Waals surface area contributed by atoms with Gasteiger partial charge in [-0.05, 0) is 76.0 Å². The molecule has 3 atom stereocenters. The van der Waals surface area contributed by atoms with Crippen molar-refractivity contribution in [1.82, 2.24) is 0 Å². The van der Waals surface area contributed by atoms with Gasteiger partial charge in [0.25, 0.3) is 7.82 Å². The smallest absolute Gasteiger partial charge is 0.344 e. The van der Waals surface area contributed by atoms with Crippen LogP contribution in [-0.4, -0.2) is 23.3 Å². The molecule has 0 saturated heterocycles. The van der Waals surface area contributed by atoms with Crippen molar-refractivity contribution in [2.24, 2.45) is 5.92 Å². The van der Waals surface area contributed by atoms with E-state index in [4.69, 9.17) is 13.8 Å². The molecule has 2 aliphatic rings. The number of rotatable bonds is 17. The quantitative estimate of drug-likeness (QED) is 0.0658. The van der Waals surface area contributed by atoms with Crippen LogP contribution < -0.4 is 9.63 Å². The first-order valence-electron chi connectivity index (χ1n) is 15.1. The fourth-order valence-electron chi connectivity index (χ4n) is 5.54. The van der Waals surface area contributed by atoms with Gasteiger partial charge in [-0.15, -0.1) is 0 Å². The molecule has 1 aromatic carbocycles. The molecule has 0 amide bonds. The number of carbonyl (C=O) groups is 1. The van der Waals surface area contributed by atoms with E-state index in [9.17, 15) is 19.4 Å². The average molecular weight is 576 g/mol. The van der Waals surface area contributed by atoms with Gasteiger partial charge in [-0.2, -0.15) is 0 Å².